The molecular formula is C26H25FN6O3. The topological polar surface area (TPSA) is 106 Å². The lowest BCUT2D eigenvalue weighted by molar-refractivity contribution is -0.116. The number of anilines is 1. The molecule has 1 aliphatic rings. The number of halogens is 1. The average molecular weight is 489 g/mol. The van der Waals surface area contributed by atoms with Crippen LogP contribution in [-0.4, -0.2) is 49.5 Å². The molecule has 2 aromatic heterocycles. The molecule has 0 bridgehead atoms. The molecule has 184 valence electrons. The van der Waals surface area contributed by atoms with Crippen LogP contribution in [-0.2, 0) is 11.3 Å². The van der Waals surface area contributed by atoms with E-state index in [0.29, 0.717) is 54.6 Å². The first-order valence-corrected chi connectivity index (χ1v) is 11.8. The van der Waals surface area contributed by atoms with Gasteiger partial charge in [0.25, 0.3) is 5.91 Å². The van der Waals surface area contributed by atoms with Gasteiger partial charge in [0, 0.05) is 55.3 Å². The summed E-state index contributed by atoms with van der Waals surface area (Å²) in [4.78, 5) is 35.8. The van der Waals surface area contributed by atoms with Crippen molar-refractivity contribution in [3.8, 4) is 11.4 Å². The van der Waals surface area contributed by atoms with Crippen LogP contribution in [0.2, 0.25) is 0 Å². The average Bonchev–Trinajstić information content (AvgIpc) is 3.60. The van der Waals surface area contributed by atoms with Gasteiger partial charge in [-0.3, -0.25) is 9.59 Å². The van der Waals surface area contributed by atoms with Gasteiger partial charge in [0.15, 0.2) is 0 Å². The van der Waals surface area contributed by atoms with Crippen LogP contribution in [0, 0.1) is 5.82 Å². The highest BCUT2D eigenvalue weighted by molar-refractivity contribution is 5.97. The molecule has 0 radical (unpaired) electrons. The number of hydrogen-bond donors (Lipinski definition) is 1. The van der Waals surface area contributed by atoms with Crippen LogP contribution < -0.4 is 5.32 Å². The predicted molar refractivity (Wildman–Crippen MR) is 129 cm³/mol. The molecule has 1 N–H and O–H groups in total. The summed E-state index contributed by atoms with van der Waals surface area (Å²) < 4.78 is 20.9. The molecule has 9 nitrogen and oxygen atoms in total. The van der Waals surface area contributed by atoms with Crippen molar-refractivity contribution >= 4 is 17.5 Å². The maximum absolute atomic E-state index is 13.6. The van der Waals surface area contributed by atoms with Gasteiger partial charge in [0.1, 0.15) is 5.82 Å². The van der Waals surface area contributed by atoms with E-state index in [9.17, 15) is 14.0 Å². The Morgan fingerprint density at radius 3 is 2.89 bits per heavy atom. The Morgan fingerprint density at radius 2 is 2.06 bits per heavy atom. The largest absolute Gasteiger partial charge is 0.339 e. The van der Waals surface area contributed by atoms with E-state index in [-0.39, 0.29) is 23.5 Å². The number of imidazole rings is 1. The normalized spacial score (nSPS) is 15.6. The molecule has 3 heterocycles. The zero-order valence-electron chi connectivity index (χ0n) is 19.5. The fourth-order valence-electron chi connectivity index (χ4n) is 4.29. The first kappa shape index (κ1) is 23.4. The maximum Gasteiger partial charge on any atom is 0.253 e. The molecule has 1 aliphatic heterocycles. The SMILES string of the molecule is O=C(CCn1ccnc1)Nc1cccc(C(=O)N2CCCC(c3nc(-c4cccc(F)c4)no3)C2)c1. The van der Waals surface area contributed by atoms with Crippen molar-refractivity contribution in [2.75, 3.05) is 18.4 Å². The van der Waals surface area contributed by atoms with Crippen LogP contribution in [0.3, 0.4) is 0 Å². The number of benzene rings is 2. The molecule has 2 aromatic carbocycles. The monoisotopic (exact) mass is 488 g/mol. The number of rotatable bonds is 7. The molecule has 5 rings (SSSR count). The second kappa shape index (κ2) is 10.5. The highest BCUT2D eigenvalue weighted by atomic mass is 19.1. The van der Waals surface area contributed by atoms with E-state index in [0.717, 1.165) is 12.8 Å². The summed E-state index contributed by atoms with van der Waals surface area (Å²) in [7, 11) is 0. The summed E-state index contributed by atoms with van der Waals surface area (Å²) in [6.07, 6.45) is 7.02. The van der Waals surface area contributed by atoms with E-state index < -0.39 is 0 Å². The molecule has 10 heteroatoms. The minimum Gasteiger partial charge on any atom is -0.339 e. The van der Waals surface area contributed by atoms with Crippen molar-refractivity contribution in [2.45, 2.75) is 31.7 Å². The molecule has 36 heavy (non-hydrogen) atoms. The zero-order valence-corrected chi connectivity index (χ0v) is 19.5. The minimum atomic E-state index is -0.370. The van der Waals surface area contributed by atoms with E-state index in [1.54, 1.807) is 60.0 Å². The Labute approximate surface area is 207 Å². The molecular weight excluding hydrogens is 463 g/mol. The minimum absolute atomic E-state index is 0.108. The van der Waals surface area contributed by atoms with Crippen LogP contribution in [0.4, 0.5) is 10.1 Å². The summed E-state index contributed by atoms with van der Waals surface area (Å²) in [6, 6.07) is 13.0. The van der Waals surface area contributed by atoms with Gasteiger partial charge in [-0.2, -0.15) is 4.98 Å². The van der Waals surface area contributed by atoms with Crippen molar-refractivity contribution < 1.29 is 18.5 Å². The second-order valence-corrected chi connectivity index (χ2v) is 8.74. The predicted octanol–water partition coefficient (Wildman–Crippen LogP) is 4.12. The van der Waals surface area contributed by atoms with Gasteiger partial charge in [-0.25, -0.2) is 9.37 Å². The van der Waals surface area contributed by atoms with Gasteiger partial charge in [-0.15, -0.1) is 0 Å². The Bertz CT molecular complexity index is 1350. The number of carbonyl (C=O) groups is 2. The van der Waals surface area contributed by atoms with Crippen LogP contribution >= 0.6 is 0 Å². The quantitative estimate of drug-likeness (QED) is 0.420. The number of carbonyl (C=O) groups excluding carboxylic acids is 2. The number of piperidine rings is 1. The first-order chi connectivity index (χ1) is 17.5. The van der Waals surface area contributed by atoms with Crippen LogP contribution in [0.1, 0.15) is 41.4 Å². The summed E-state index contributed by atoms with van der Waals surface area (Å²) in [5, 5.41) is 6.86. The third kappa shape index (κ3) is 5.48. The fraction of sp³-hybridized carbons (Fsp3) is 0.269. The zero-order chi connectivity index (χ0) is 24.9. The number of nitrogens with one attached hydrogen (secondary N) is 1. The fourth-order valence-corrected chi connectivity index (χ4v) is 4.29. The van der Waals surface area contributed by atoms with E-state index in [1.807, 2.05) is 4.57 Å². The van der Waals surface area contributed by atoms with Gasteiger partial charge in [-0.1, -0.05) is 23.4 Å². The first-order valence-electron chi connectivity index (χ1n) is 11.8. The van der Waals surface area contributed by atoms with Crippen molar-refractivity contribution in [1.82, 2.24) is 24.6 Å². The number of nitrogens with zero attached hydrogens (tertiary/aromatic N) is 5. The van der Waals surface area contributed by atoms with Crippen molar-refractivity contribution in [2.24, 2.45) is 0 Å². The van der Waals surface area contributed by atoms with Crippen LogP contribution in [0.5, 0.6) is 0 Å². The molecule has 0 aliphatic carbocycles. The standard InChI is InChI=1S/C26H25FN6O3/c27-21-7-1-4-18(14-21)24-30-25(36-31-24)20-6-3-11-33(16-20)26(35)19-5-2-8-22(15-19)29-23(34)9-12-32-13-10-28-17-32/h1-2,4-5,7-8,10,13-15,17,20H,3,6,9,11-12,16H2,(H,29,34). The number of likely N-dealkylation sites (tertiary alicyclic amines) is 1. The van der Waals surface area contributed by atoms with E-state index in [1.165, 1.54) is 12.1 Å². The Morgan fingerprint density at radius 1 is 1.17 bits per heavy atom. The number of aryl methyl sites for hydroxylation is 1. The summed E-state index contributed by atoms with van der Waals surface area (Å²) in [6.45, 7) is 1.57. The summed E-state index contributed by atoms with van der Waals surface area (Å²) in [5.74, 6) is 0.0134. The summed E-state index contributed by atoms with van der Waals surface area (Å²) in [5.41, 5.74) is 1.60. The molecule has 1 saturated heterocycles. The van der Waals surface area contributed by atoms with Gasteiger partial charge >= 0.3 is 0 Å². The number of aromatic nitrogens is 4. The Kier molecular flexibility index (Phi) is 6.83. The maximum atomic E-state index is 13.6. The Hall–Kier alpha value is -4.34. The summed E-state index contributed by atoms with van der Waals surface area (Å²) >= 11 is 0. The van der Waals surface area contributed by atoms with E-state index >= 15 is 0 Å². The molecule has 1 atom stereocenters. The lowest BCUT2D eigenvalue weighted by atomic mass is 9.97. The highest BCUT2D eigenvalue weighted by Crippen LogP contribution is 2.29. The molecule has 2 amide bonds. The van der Waals surface area contributed by atoms with Crippen LogP contribution in [0.25, 0.3) is 11.4 Å². The smallest absolute Gasteiger partial charge is 0.253 e. The third-order valence-electron chi connectivity index (χ3n) is 6.13. The van der Waals surface area contributed by atoms with E-state index in [4.69, 9.17) is 4.52 Å². The molecule has 0 saturated carbocycles. The van der Waals surface area contributed by atoms with Crippen molar-refractivity contribution in [3.05, 3.63) is 84.5 Å². The van der Waals surface area contributed by atoms with Crippen LogP contribution in [0.15, 0.2) is 71.8 Å². The van der Waals surface area contributed by atoms with Gasteiger partial charge in [0.2, 0.25) is 17.6 Å². The number of hydrogen-bond acceptors (Lipinski definition) is 6. The van der Waals surface area contributed by atoms with Crippen molar-refractivity contribution in [3.63, 3.8) is 0 Å². The molecule has 1 fully saturated rings. The lowest BCUT2D eigenvalue weighted by Crippen LogP contribution is -2.39. The van der Waals surface area contributed by atoms with Crippen molar-refractivity contribution in [1.29, 1.82) is 0 Å². The molecule has 0 spiro atoms. The molecule has 1 unspecified atom stereocenters. The van der Waals surface area contributed by atoms with E-state index in [2.05, 4.69) is 20.4 Å². The third-order valence-corrected chi connectivity index (χ3v) is 6.13. The van der Waals surface area contributed by atoms with Gasteiger partial charge in [-0.05, 0) is 43.2 Å². The van der Waals surface area contributed by atoms with Gasteiger partial charge in [0.05, 0.1) is 12.2 Å². The number of amides is 2. The highest BCUT2D eigenvalue weighted by Gasteiger charge is 2.29. The second-order valence-electron chi connectivity index (χ2n) is 8.74. The lowest BCUT2D eigenvalue weighted by Gasteiger charge is -2.31. The molecule has 4 aromatic rings. The Balaban J connectivity index is 1.22. The van der Waals surface area contributed by atoms with Gasteiger partial charge < -0.3 is 19.3 Å².